The standard InChI is InChI=1S/C19H11N3/c1-4-10-16-11(5-1)21-13-7-3-9-15-18(13)19(16)17-12(20-10)6-2-8-14(17)22-15/h1-9,20-21H/p+1. The van der Waals surface area contributed by atoms with Gasteiger partial charge >= 0.3 is 0 Å². The van der Waals surface area contributed by atoms with Gasteiger partial charge in [0.1, 0.15) is 0 Å². The Morgan fingerprint density at radius 2 is 1.05 bits per heavy atom. The SMILES string of the molecule is c1cc2[nH]c3cccc4[nH+]c5cccc6[nH]c(c1)c2-c(c34)c65. The summed E-state index contributed by atoms with van der Waals surface area (Å²) in [5.74, 6) is 0. The molecule has 0 atom stereocenters. The molecule has 0 saturated carbocycles. The number of rotatable bonds is 0. The Kier molecular flexibility index (Phi) is 1.64. The molecule has 3 heterocycles. The topological polar surface area (TPSA) is 45.7 Å². The molecule has 0 spiro atoms. The van der Waals surface area contributed by atoms with E-state index in [9.17, 15) is 0 Å². The van der Waals surface area contributed by atoms with E-state index in [0.717, 1.165) is 0 Å². The smallest absolute Gasteiger partial charge is 0.214 e. The number of aromatic amines is 3. The first-order valence-electron chi connectivity index (χ1n) is 7.48. The Labute approximate surface area is 125 Å². The van der Waals surface area contributed by atoms with E-state index in [1.807, 2.05) is 0 Å². The lowest BCUT2D eigenvalue weighted by Crippen LogP contribution is -2.10. The molecular weight excluding hydrogens is 270 g/mol. The summed E-state index contributed by atoms with van der Waals surface area (Å²) in [6, 6.07) is 19.2. The van der Waals surface area contributed by atoms with Gasteiger partial charge in [0.25, 0.3) is 0 Å². The summed E-state index contributed by atoms with van der Waals surface area (Å²) in [6.45, 7) is 0. The van der Waals surface area contributed by atoms with Crippen LogP contribution in [-0.4, -0.2) is 9.97 Å². The van der Waals surface area contributed by atoms with Crippen molar-refractivity contribution < 1.29 is 4.98 Å². The predicted octanol–water partition coefficient (Wildman–Crippen LogP) is 4.31. The van der Waals surface area contributed by atoms with Gasteiger partial charge in [-0.25, -0.2) is 4.98 Å². The summed E-state index contributed by atoms with van der Waals surface area (Å²) in [5, 5.41) is 2.56. The summed E-state index contributed by atoms with van der Waals surface area (Å²) in [6.07, 6.45) is 0. The molecule has 0 radical (unpaired) electrons. The van der Waals surface area contributed by atoms with E-state index in [0.29, 0.717) is 0 Å². The maximum atomic E-state index is 3.58. The van der Waals surface area contributed by atoms with Crippen LogP contribution < -0.4 is 4.98 Å². The molecule has 3 aromatic carbocycles. The van der Waals surface area contributed by atoms with Gasteiger partial charge in [-0.2, -0.15) is 0 Å². The molecule has 3 N–H and O–H groups in total. The van der Waals surface area contributed by atoms with E-state index in [-0.39, 0.29) is 0 Å². The number of nitrogens with one attached hydrogen (secondary N) is 3. The number of pyridine rings is 3. The van der Waals surface area contributed by atoms with Crippen molar-refractivity contribution in [1.82, 2.24) is 9.97 Å². The summed E-state index contributed by atoms with van der Waals surface area (Å²) >= 11 is 0. The molecular formula is C19H12N3+. The summed E-state index contributed by atoms with van der Waals surface area (Å²) in [5.41, 5.74) is 9.67. The van der Waals surface area contributed by atoms with Gasteiger partial charge in [0.2, 0.25) is 11.0 Å². The van der Waals surface area contributed by atoms with Crippen LogP contribution in [0.3, 0.4) is 0 Å². The van der Waals surface area contributed by atoms with Gasteiger partial charge in [0.05, 0.1) is 21.8 Å². The average Bonchev–Trinajstić information content (AvgIpc) is 2.55. The molecule has 3 heteroatoms. The fourth-order valence-electron chi connectivity index (χ4n) is 3.90. The molecule has 6 rings (SSSR count). The first-order chi connectivity index (χ1) is 10.9. The molecule has 3 nitrogen and oxygen atoms in total. The lowest BCUT2D eigenvalue weighted by Gasteiger charge is -2.18. The number of hydrogen-bond donors (Lipinski definition) is 2. The summed E-state index contributed by atoms with van der Waals surface area (Å²) in [4.78, 5) is 10.7. The van der Waals surface area contributed by atoms with E-state index in [2.05, 4.69) is 69.5 Å². The van der Waals surface area contributed by atoms with Crippen molar-refractivity contribution in [2.75, 3.05) is 0 Å². The Morgan fingerprint density at radius 3 is 1.64 bits per heavy atom. The molecule has 22 heavy (non-hydrogen) atoms. The van der Waals surface area contributed by atoms with Crippen molar-refractivity contribution >= 4 is 43.9 Å². The van der Waals surface area contributed by atoms with Crippen LogP contribution in [0, 0.1) is 0 Å². The molecule has 2 aliphatic rings. The highest BCUT2D eigenvalue weighted by molar-refractivity contribution is 6.23. The number of hydrogen-bond acceptors (Lipinski definition) is 0. The Hall–Kier alpha value is -3.07. The second-order valence-electron chi connectivity index (χ2n) is 5.93. The summed E-state index contributed by atoms with van der Waals surface area (Å²) in [7, 11) is 0. The third-order valence-corrected chi connectivity index (χ3v) is 4.75. The Bertz CT molecular complexity index is 1180. The van der Waals surface area contributed by atoms with Gasteiger partial charge < -0.3 is 9.97 Å². The van der Waals surface area contributed by atoms with E-state index in [1.54, 1.807) is 0 Å². The van der Waals surface area contributed by atoms with Crippen molar-refractivity contribution in [3.05, 3.63) is 54.6 Å². The van der Waals surface area contributed by atoms with Gasteiger partial charge in [-0.3, -0.25) is 0 Å². The second-order valence-corrected chi connectivity index (χ2v) is 5.93. The van der Waals surface area contributed by atoms with E-state index in [4.69, 9.17) is 0 Å². The maximum absolute atomic E-state index is 3.58. The fraction of sp³-hybridized carbons (Fsp3) is 0. The van der Waals surface area contributed by atoms with Gasteiger partial charge in [-0.05, 0) is 24.3 Å². The minimum absolute atomic E-state index is 1.17. The van der Waals surface area contributed by atoms with Crippen molar-refractivity contribution in [3.63, 3.8) is 0 Å². The van der Waals surface area contributed by atoms with Crippen LogP contribution in [0.15, 0.2) is 54.6 Å². The van der Waals surface area contributed by atoms with E-state index in [1.165, 1.54) is 55.0 Å². The zero-order chi connectivity index (χ0) is 14.3. The van der Waals surface area contributed by atoms with Gasteiger partial charge in [-0.15, -0.1) is 0 Å². The van der Waals surface area contributed by atoms with Crippen LogP contribution in [0.25, 0.3) is 55.0 Å². The molecule has 102 valence electrons. The minimum atomic E-state index is 1.17. The third-order valence-electron chi connectivity index (χ3n) is 4.75. The molecule has 0 unspecified atom stereocenters. The van der Waals surface area contributed by atoms with Crippen molar-refractivity contribution in [2.24, 2.45) is 0 Å². The lowest BCUT2D eigenvalue weighted by molar-refractivity contribution is -0.310. The highest BCUT2D eigenvalue weighted by Gasteiger charge is 2.24. The monoisotopic (exact) mass is 282 g/mol. The predicted molar refractivity (Wildman–Crippen MR) is 89.5 cm³/mol. The van der Waals surface area contributed by atoms with Gasteiger partial charge in [-0.1, -0.05) is 18.2 Å². The first-order valence-corrected chi connectivity index (χ1v) is 7.48. The van der Waals surface area contributed by atoms with Crippen molar-refractivity contribution in [1.29, 1.82) is 0 Å². The minimum Gasteiger partial charge on any atom is -0.354 e. The quantitative estimate of drug-likeness (QED) is 0.308. The number of aromatic nitrogens is 3. The average molecular weight is 282 g/mol. The van der Waals surface area contributed by atoms with Crippen LogP contribution in [0.2, 0.25) is 0 Å². The van der Waals surface area contributed by atoms with Crippen LogP contribution in [0.4, 0.5) is 0 Å². The fourth-order valence-corrected chi connectivity index (χ4v) is 3.90. The van der Waals surface area contributed by atoms with Gasteiger partial charge in [0, 0.05) is 34.3 Å². The van der Waals surface area contributed by atoms with Gasteiger partial charge in [0.15, 0.2) is 0 Å². The molecule has 1 aromatic heterocycles. The molecule has 2 aliphatic heterocycles. The third kappa shape index (κ3) is 1.08. The van der Waals surface area contributed by atoms with Crippen LogP contribution in [-0.2, 0) is 0 Å². The Morgan fingerprint density at radius 1 is 0.545 bits per heavy atom. The normalized spacial score (nSPS) is 12.5. The summed E-state index contributed by atoms with van der Waals surface area (Å²) < 4.78 is 0. The number of H-pyrrole nitrogens is 3. The maximum Gasteiger partial charge on any atom is 0.214 e. The number of benzene rings is 3. The zero-order valence-electron chi connectivity index (χ0n) is 11.7. The second kappa shape index (κ2) is 3.39. The van der Waals surface area contributed by atoms with E-state index >= 15 is 0 Å². The van der Waals surface area contributed by atoms with Crippen LogP contribution >= 0.6 is 0 Å². The molecule has 4 aromatic rings. The molecule has 0 amide bonds. The molecule has 0 saturated heterocycles. The van der Waals surface area contributed by atoms with Crippen molar-refractivity contribution in [3.8, 4) is 11.1 Å². The highest BCUT2D eigenvalue weighted by atomic mass is 14.8. The molecule has 0 bridgehead atoms. The highest BCUT2D eigenvalue weighted by Crippen LogP contribution is 2.43. The van der Waals surface area contributed by atoms with E-state index < -0.39 is 0 Å². The van der Waals surface area contributed by atoms with Crippen LogP contribution in [0.5, 0.6) is 0 Å². The largest absolute Gasteiger partial charge is 0.354 e. The molecule has 0 aliphatic carbocycles. The molecule has 0 fully saturated rings. The zero-order valence-corrected chi connectivity index (χ0v) is 11.7. The van der Waals surface area contributed by atoms with Crippen LogP contribution in [0.1, 0.15) is 0 Å². The lowest BCUT2D eigenvalue weighted by atomic mass is 9.90. The van der Waals surface area contributed by atoms with Crippen molar-refractivity contribution in [2.45, 2.75) is 0 Å². The Balaban J connectivity index is 2.15. The first kappa shape index (κ1) is 10.6.